The second-order valence-electron chi connectivity index (χ2n) is 4.37. The fourth-order valence-electron chi connectivity index (χ4n) is 1.85. The van der Waals surface area contributed by atoms with Gasteiger partial charge in [-0.05, 0) is 11.6 Å². The summed E-state index contributed by atoms with van der Waals surface area (Å²) in [6, 6.07) is 9.01. The summed E-state index contributed by atoms with van der Waals surface area (Å²) in [6.45, 7) is 0. The molecule has 0 saturated heterocycles. The molecule has 118 valence electrons. The van der Waals surface area contributed by atoms with Crippen molar-refractivity contribution in [3.05, 3.63) is 41.5 Å². The van der Waals surface area contributed by atoms with Gasteiger partial charge in [0.1, 0.15) is 0 Å². The first-order valence-electron chi connectivity index (χ1n) is 6.53. The van der Waals surface area contributed by atoms with Gasteiger partial charge in [-0.25, -0.2) is 4.79 Å². The second-order valence-corrected chi connectivity index (χ2v) is 4.37. The molecule has 0 aliphatic rings. The van der Waals surface area contributed by atoms with E-state index in [1.54, 1.807) is 30.3 Å². The van der Waals surface area contributed by atoms with Gasteiger partial charge < -0.3 is 14.2 Å². The maximum absolute atomic E-state index is 11.9. The highest BCUT2D eigenvalue weighted by molar-refractivity contribution is 5.99. The molecule has 1 aromatic rings. The molecule has 0 fully saturated rings. The van der Waals surface area contributed by atoms with Gasteiger partial charge in [0.15, 0.2) is 5.92 Å². The number of benzene rings is 1. The quantitative estimate of drug-likeness (QED) is 0.344. The van der Waals surface area contributed by atoms with Crippen LogP contribution in [0.25, 0.3) is 6.08 Å². The molecule has 0 unspecified atom stereocenters. The number of rotatable bonds is 6. The summed E-state index contributed by atoms with van der Waals surface area (Å²) in [6.07, 6.45) is 1.39. The lowest BCUT2D eigenvalue weighted by atomic mass is 9.97. The van der Waals surface area contributed by atoms with Crippen LogP contribution in [0.4, 0.5) is 0 Å². The number of esters is 3. The lowest BCUT2D eigenvalue weighted by molar-refractivity contribution is -0.158. The molecule has 0 heterocycles. The van der Waals surface area contributed by atoms with Crippen molar-refractivity contribution < 1.29 is 28.6 Å². The Hall–Kier alpha value is -2.63. The Balaban J connectivity index is 3.11. The van der Waals surface area contributed by atoms with Gasteiger partial charge in [0.2, 0.25) is 0 Å². The maximum Gasteiger partial charge on any atom is 0.333 e. The third-order valence-electron chi connectivity index (χ3n) is 2.98. The monoisotopic (exact) mass is 306 g/mol. The van der Waals surface area contributed by atoms with Crippen LogP contribution in [0.15, 0.2) is 35.9 Å². The number of carbonyl (C=O) groups is 3. The maximum atomic E-state index is 11.9. The molecule has 6 nitrogen and oxygen atoms in total. The highest BCUT2D eigenvalue weighted by atomic mass is 16.5. The van der Waals surface area contributed by atoms with Crippen LogP contribution in [0.5, 0.6) is 0 Å². The van der Waals surface area contributed by atoms with Crippen LogP contribution >= 0.6 is 0 Å². The van der Waals surface area contributed by atoms with E-state index in [0.29, 0.717) is 0 Å². The van der Waals surface area contributed by atoms with E-state index in [4.69, 9.17) is 4.74 Å². The van der Waals surface area contributed by atoms with Crippen LogP contribution in [0.2, 0.25) is 0 Å². The fourth-order valence-corrected chi connectivity index (χ4v) is 1.85. The summed E-state index contributed by atoms with van der Waals surface area (Å²) < 4.78 is 13.9. The van der Waals surface area contributed by atoms with E-state index in [9.17, 15) is 14.4 Å². The molecule has 0 aliphatic carbocycles. The first-order chi connectivity index (χ1) is 10.5. The minimum atomic E-state index is -1.22. The minimum absolute atomic E-state index is 0.166. The molecule has 0 bridgehead atoms. The van der Waals surface area contributed by atoms with Gasteiger partial charge in [-0.2, -0.15) is 0 Å². The van der Waals surface area contributed by atoms with Crippen molar-refractivity contribution in [2.24, 2.45) is 5.92 Å². The summed E-state index contributed by atoms with van der Waals surface area (Å²) in [5.74, 6) is -3.38. The van der Waals surface area contributed by atoms with Crippen molar-refractivity contribution in [3.8, 4) is 0 Å². The van der Waals surface area contributed by atoms with E-state index in [-0.39, 0.29) is 12.0 Å². The predicted octanol–water partition coefficient (Wildman–Crippen LogP) is 1.60. The molecular formula is C16H18O6. The summed E-state index contributed by atoms with van der Waals surface area (Å²) >= 11 is 0. The van der Waals surface area contributed by atoms with Crippen molar-refractivity contribution in [2.75, 3.05) is 21.3 Å². The number of methoxy groups -OCH3 is 3. The van der Waals surface area contributed by atoms with Crippen molar-refractivity contribution >= 4 is 24.0 Å². The number of hydrogen-bond acceptors (Lipinski definition) is 6. The van der Waals surface area contributed by atoms with E-state index >= 15 is 0 Å². The van der Waals surface area contributed by atoms with Gasteiger partial charge in [-0.15, -0.1) is 0 Å². The molecule has 0 aliphatic heterocycles. The third-order valence-corrected chi connectivity index (χ3v) is 2.98. The lowest BCUT2D eigenvalue weighted by Crippen LogP contribution is -2.28. The molecule has 0 radical (unpaired) electrons. The van der Waals surface area contributed by atoms with E-state index in [1.165, 1.54) is 7.11 Å². The van der Waals surface area contributed by atoms with E-state index in [1.807, 2.05) is 6.07 Å². The van der Waals surface area contributed by atoms with Crippen LogP contribution in [0.3, 0.4) is 0 Å². The molecule has 22 heavy (non-hydrogen) atoms. The van der Waals surface area contributed by atoms with Crippen molar-refractivity contribution in [2.45, 2.75) is 6.42 Å². The number of hydrogen-bond donors (Lipinski definition) is 0. The molecule has 6 heteroatoms. The fraction of sp³-hybridized carbons (Fsp3) is 0.312. The molecule has 1 aromatic carbocycles. The molecule has 0 atom stereocenters. The summed E-state index contributed by atoms with van der Waals surface area (Å²) in [7, 11) is 3.56. The standard InChI is InChI=1S/C16H18O6/c1-20-14(17)12(9-11-7-5-4-6-8-11)10-13(15(18)21-2)16(19)22-3/h4-9,13H,10H2,1-3H3/b12-9+. The summed E-state index contributed by atoms with van der Waals surface area (Å²) in [5, 5.41) is 0. The Bertz CT molecular complexity index is 545. The van der Waals surface area contributed by atoms with Gasteiger partial charge in [0.05, 0.1) is 21.3 Å². The molecular weight excluding hydrogens is 288 g/mol. The van der Waals surface area contributed by atoms with Gasteiger partial charge >= 0.3 is 17.9 Å². The van der Waals surface area contributed by atoms with E-state index in [2.05, 4.69) is 9.47 Å². The van der Waals surface area contributed by atoms with Crippen LogP contribution < -0.4 is 0 Å². The average molecular weight is 306 g/mol. The largest absolute Gasteiger partial charge is 0.468 e. The van der Waals surface area contributed by atoms with Crippen molar-refractivity contribution in [1.29, 1.82) is 0 Å². The molecule has 0 aromatic heterocycles. The highest BCUT2D eigenvalue weighted by Crippen LogP contribution is 2.19. The normalized spacial score (nSPS) is 11.0. The van der Waals surface area contributed by atoms with Gasteiger partial charge in [0.25, 0.3) is 0 Å². The predicted molar refractivity (Wildman–Crippen MR) is 78.6 cm³/mol. The van der Waals surface area contributed by atoms with Crippen LogP contribution in [0, 0.1) is 5.92 Å². The molecule has 0 saturated carbocycles. The Morgan fingerprint density at radius 2 is 1.50 bits per heavy atom. The molecule has 0 spiro atoms. The average Bonchev–Trinajstić information content (AvgIpc) is 2.57. The lowest BCUT2D eigenvalue weighted by Gasteiger charge is -2.13. The molecule has 0 N–H and O–H groups in total. The van der Waals surface area contributed by atoms with Crippen LogP contribution in [-0.2, 0) is 28.6 Å². The minimum Gasteiger partial charge on any atom is -0.468 e. The first kappa shape index (κ1) is 17.4. The second kappa shape index (κ2) is 8.61. The Morgan fingerprint density at radius 1 is 0.955 bits per heavy atom. The Morgan fingerprint density at radius 3 is 1.95 bits per heavy atom. The topological polar surface area (TPSA) is 78.9 Å². The van der Waals surface area contributed by atoms with Gasteiger partial charge in [-0.1, -0.05) is 30.3 Å². The van der Waals surface area contributed by atoms with Gasteiger partial charge in [-0.3, -0.25) is 9.59 Å². The van der Waals surface area contributed by atoms with E-state index in [0.717, 1.165) is 19.8 Å². The Kier molecular flexibility index (Phi) is 6.82. The smallest absolute Gasteiger partial charge is 0.333 e. The zero-order valence-electron chi connectivity index (χ0n) is 12.7. The van der Waals surface area contributed by atoms with Crippen LogP contribution in [-0.4, -0.2) is 39.2 Å². The third kappa shape index (κ3) is 4.73. The SMILES string of the molecule is COC(=O)/C(=C/c1ccccc1)CC(C(=O)OC)C(=O)OC. The summed E-state index contributed by atoms with van der Waals surface area (Å²) in [4.78, 5) is 35.3. The summed E-state index contributed by atoms with van der Waals surface area (Å²) in [5.41, 5.74) is 0.922. The Labute approximate surface area is 128 Å². The molecule has 1 rings (SSSR count). The number of carbonyl (C=O) groups excluding carboxylic acids is 3. The van der Waals surface area contributed by atoms with Crippen molar-refractivity contribution in [1.82, 2.24) is 0 Å². The van der Waals surface area contributed by atoms with E-state index < -0.39 is 23.8 Å². The molecule has 0 amide bonds. The zero-order valence-corrected chi connectivity index (χ0v) is 12.7. The number of ether oxygens (including phenoxy) is 3. The van der Waals surface area contributed by atoms with Crippen LogP contribution in [0.1, 0.15) is 12.0 Å². The van der Waals surface area contributed by atoms with Gasteiger partial charge in [0, 0.05) is 12.0 Å². The first-order valence-corrected chi connectivity index (χ1v) is 6.53. The van der Waals surface area contributed by atoms with Crippen molar-refractivity contribution in [3.63, 3.8) is 0 Å². The zero-order chi connectivity index (χ0) is 16.5. The highest BCUT2D eigenvalue weighted by Gasteiger charge is 2.31.